The van der Waals surface area contributed by atoms with Gasteiger partial charge in [-0.05, 0) is 70.1 Å². The van der Waals surface area contributed by atoms with Crippen LogP contribution in [0.5, 0.6) is 11.5 Å². The van der Waals surface area contributed by atoms with E-state index in [0.717, 1.165) is 6.42 Å². The van der Waals surface area contributed by atoms with Gasteiger partial charge >= 0.3 is 6.09 Å². The Morgan fingerprint density at radius 1 is 1.10 bits per heavy atom. The summed E-state index contributed by atoms with van der Waals surface area (Å²) in [4.78, 5) is 61.3. The van der Waals surface area contributed by atoms with Crippen molar-refractivity contribution in [3.63, 3.8) is 0 Å². The summed E-state index contributed by atoms with van der Waals surface area (Å²) in [5.41, 5.74) is -2.71. The number of benzene rings is 1. The number of amides is 4. The Morgan fingerprint density at radius 3 is 2.35 bits per heavy atom. The fourth-order valence-electron chi connectivity index (χ4n) is 6.28. The maximum absolute atomic E-state index is 14.5. The average molecular weight is 744 g/mol. The Labute approximate surface area is 306 Å². The van der Waals surface area contributed by atoms with E-state index in [1.165, 1.54) is 11.0 Å². The Hall–Kier alpha value is -4.40. The number of hydrogen-bond acceptors (Lipinski definition) is 10. The van der Waals surface area contributed by atoms with Crippen molar-refractivity contribution in [1.82, 2.24) is 25.2 Å². The van der Waals surface area contributed by atoms with E-state index in [-0.39, 0.29) is 25.8 Å². The highest BCUT2D eigenvalue weighted by atomic mass is 32.2. The molecule has 14 nitrogen and oxygen atoms in total. The zero-order valence-electron chi connectivity index (χ0n) is 31.4. The van der Waals surface area contributed by atoms with Gasteiger partial charge in [0.15, 0.2) is 0 Å². The van der Waals surface area contributed by atoms with Gasteiger partial charge in [-0.25, -0.2) is 13.2 Å². The molecular formula is C37H53N5O9S. The van der Waals surface area contributed by atoms with E-state index >= 15 is 0 Å². The van der Waals surface area contributed by atoms with Crippen LogP contribution in [0, 0.1) is 5.41 Å². The molecule has 4 rings (SSSR count). The van der Waals surface area contributed by atoms with E-state index in [2.05, 4.69) is 26.9 Å². The summed E-state index contributed by atoms with van der Waals surface area (Å²) in [5.74, 6) is -1.04. The molecule has 1 aliphatic carbocycles. The van der Waals surface area contributed by atoms with Crippen LogP contribution in [0.1, 0.15) is 87.0 Å². The highest BCUT2D eigenvalue weighted by Gasteiger charge is 2.49. The molecular weight excluding hydrogens is 691 g/mol. The number of aromatic nitrogens is 1. The number of alkyl carbamates (subject to hydrolysis) is 1. The SMILES string of the molecule is C=CC[C@@](CC)(NC(=O)[C@@H]1C[C@@H](Oc2ccnc3cc(OC)ccc23)CN1C(=O)[C@@H](NC(=O)OC(C)(C)C)C(C)(C)C)C(=O)NS(=O)(=O)C1CCC1. The number of pyridine rings is 1. The molecule has 0 bridgehead atoms. The quantitative estimate of drug-likeness (QED) is 0.249. The molecule has 1 aromatic heterocycles. The summed E-state index contributed by atoms with van der Waals surface area (Å²) in [6.07, 6.45) is 3.16. The number of ether oxygens (including phenoxy) is 3. The Kier molecular flexibility index (Phi) is 12.2. The molecule has 2 fully saturated rings. The van der Waals surface area contributed by atoms with Crippen molar-refractivity contribution in [1.29, 1.82) is 0 Å². The third kappa shape index (κ3) is 9.33. The summed E-state index contributed by atoms with van der Waals surface area (Å²) < 4.78 is 45.4. The maximum atomic E-state index is 14.5. The van der Waals surface area contributed by atoms with Crippen LogP contribution in [-0.4, -0.2) is 90.3 Å². The van der Waals surface area contributed by atoms with Crippen LogP contribution in [0.15, 0.2) is 43.1 Å². The molecule has 2 aliphatic rings. The van der Waals surface area contributed by atoms with Crippen LogP contribution in [0.3, 0.4) is 0 Å². The number of fused-ring (bicyclic) bond motifs is 1. The predicted molar refractivity (Wildman–Crippen MR) is 196 cm³/mol. The van der Waals surface area contributed by atoms with Crippen molar-refractivity contribution in [3.05, 3.63) is 43.1 Å². The van der Waals surface area contributed by atoms with Gasteiger partial charge in [0.05, 0.1) is 24.4 Å². The lowest BCUT2D eigenvalue weighted by atomic mass is 9.85. The largest absolute Gasteiger partial charge is 0.497 e. The van der Waals surface area contributed by atoms with Crippen LogP contribution in [0.2, 0.25) is 0 Å². The van der Waals surface area contributed by atoms with Gasteiger partial charge in [0.1, 0.15) is 40.8 Å². The van der Waals surface area contributed by atoms with Crippen molar-refractivity contribution in [2.45, 2.75) is 122 Å². The molecule has 4 amide bonds. The highest BCUT2D eigenvalue weighted by molar-refractivity contribution is 7.90. The zero-order chi connectivity index (χ0) is 38.6. The van der Waals surface area contributed by atoms with Gasteiger partial charge < -0.3 is 29.7 Å². The molecule has 15 heteroatoms. The van der Waals surface area contributed by atoms with Gasteiger partial charge in [0, 0.05) is 24.1 Å². The lowest BCUT2D eigenvalue weighted by Gasteiger charge is -2.37. The molecule has 2 heterocycles. The van der Waals surface area contributed by atoms with Crippen LogP contribution >= 0.6 is 0 Å². The minimum Gasteiger partial charge on any atom is -0.497 e. The molecule has 4 atom stereocenters. The van der Waals surface area contributed by atoms with Crippen LogP contribution in [0.25, 0.3) is 10.9 Å². The monoisotopic (exact) mass is 743 g/mol. The predicted octanol–water partition coefficient (Wildman–Crippen LogP) is 4.37. The van der Waals surface area contributed by atoms with E-state index in [1.807, 2.05) is 0 Å². The first-order valence-electron chi connectivity index (χ1n) is 17.6. The van der Waals surface area contributed by atoms with Crippen molar-refractivity contribution in [2.75, 3.05) is 13.7 Å². The summed E-state index contributed by atoms with van der Waals surface area (Å²) in [7, 11) is -2.41. The molecule has 0 radical (unpaired) electrons. The number of nitrogens with one attached hydrogen (secondary N) is 3. The summed E-state index contributed by atoms with van der Waals surface area (Å²) in [6.45, 7) is 15.8. The van der Waals surface area contributed by atoms with Crippen LogP contribution < -0.4 is 24.8 Å². The Balaban J connectivity index is 1.69. The standard InChI is InChI=1S/C37H53N5O9S/c1-10-18-37(11-2,33(45)41-52(47,48)25-13-12-14-25)40-31(43)28-21-24(50-29-17-19-38-27-20-23(49-9)15-16-26(27)29)22-42(28)32(44)30(35(3,4)5)39-34(46)51-36(6,7)8/h10,15-17,19-20,24-25,28,30H,1,11-14,18,21-22H2,2-9H3,(H,39,46)(H,40,43)(H,41,45)/t24-,28+,30-,37-/m1/s1. The Bertz CT molecular complexity index is 1780. The molecule has 1 saturated carbocycles. The summed E-state index contributed by atoms with van der Waals surface area (Å²) in [5, 5.41) is 5.53. The first-order chi connectivity index (χ1) is 24.2. The lowest BCUT2D eigenvalue weighted by Crippen LogP contribution is -2.64. The molecule has 2 aromatic rings. The molecule has 0 spiro atoms. The number of carbonyl (C=O) groups excluding carboxylic acids is 4. The molecule has 1 aromatic carbocycles. The number of carbonyl (C=O) groups is 4. The van der Waals surface area contributed by atoms with Crippen LogP contribution in [-0.2, 0) is 29.1 Å². The van der Waals surface area contributed by atoms with Crippen molar-refractivity contribution in [2.24, 2.45) is 5.41 Å². The maximum Gasteiger partial charge on any atom is 0.408 e. The minimum atomic E-state index is -3.97. The van der Waals surface area contributed by atoms with Crippen molar-refractivity contribution < 1.29 is 41.8 Å². The number of rotatable bonds is 13. The van der Waals surface area contributed by atoms with E-state index in [1.54, 1.807) is 86.0 Å². The second-order valence-corrected chi connectivity index (χ2v) is 17.5. The van der Waals surface area contributed by atoms with E-state index < -0.39 is 73.8 Å². The van der Waals surface area contributed by atoms with E-state index in [0.29, 0.717) is 35.2 Å². The topological polar surface area (TPSA) is 182 Å². The molecule has 1 saturated heterocycles. The summed E-state index contributed by atoms with van der Waals surface area (Å²) in [6, 6.07) is 4.75. The normalized spacial score (nSPS) is 19.8. The fraction of sp³-hybridized carbons (Fsp3) is 0.595. The number of nitrogens with zero attached hydrogens (tertiary/aromatic N) is 2. The number of hydrogen-bond donors (Lipinski definition) is 3. The second-order valence-electron chi connectivity index (χ2n) is 15.6. The van der Waals surface area contributed by atoms with E-state index in [4.69, 9.17) is 14.2 Å². The minimum absolute atomic E-state index is 0.0245. The fourth-order valence-corrected chi connectivity index (χ4v) is 7.85. The van der Waals surface area contributed by atoms with Gasteiger partial charge in [-0.2, -0.15) is 0 Å². The highest BCUT2D eigenvalue weighted by Crippen LogP contribution is 2.33. The molecule has 1 aliphatic heterocycles. The first kappa shape index (κ1) is 40.4. The van der Waals surface area contributed by atoms with Crippen molar-refractivity contribution in [3.8, 4) is 11.5 Å². The van der Waals surface area contributed by atoms with Gasteiger partial charge in [0.25, 0.3) is 5.91 Å². The van der Waals surface area contributed by atoms with Crippen LogP contribution in [0.4, 0.5) is 4.79 Å². The smallest absolute Gasteiger partial charge is 0.408 e. The number of sulfonamides is 1. The Morgan fingerprint density at radius 2 is 1.79 bits per heavy atom. The lowest BCUT2D eigenvalue weighted by molar-refractivity contribution is -0.143. The van der Waals surface area contributed by atoms with Gasteiger partial charge in [-0.15, -0.1) is 6.58 Å². The molecule has 286 valence electrons. The molecule has 3 N–H and O–H groups in total. The third-order valence-corrected chi connectivity index (χ3v) is 11.3. The van der Waals surface area contributed by atoms with Gasteiger partial charge in [-0.3, -0.25) is 24.1 Å². The van der Waals surface area contributed by atoms with Crippen molar-refractivity contribution >= 4 is 44.7 Å². The summed E-state index contributed by atoms with van der Waals surface area (Å²) >= 11 is 0. The first-order valence-corrected chi connectivity index (χ1v) is 19.2. The average Bonchev–Trinajstić information content (AvgIpc) is 3.44. The molecule has 0 unspecified atom stereocenters. The number of likely N-dealkylation sites (tertiary alicyclic amines) is 1. The third-order valence-electron chi connectivity index (χ3n) is 9.45. The van der Waals surface area contributed by atoms with Gasteiger partial charge in [-0.1, -0.05) is 40.2 Å². The second kappa shape index (κ2) is 15.7. The van der Waals surface area contributed by atoms with Gasteiger partial charge in [0.2, 0.25) is 21.8 Å². The van der Waals surface area contributed by atoms with E-state index in [9.17, 15) is 27.6 Å². The zero-order valence-corrected chi connectivity index (χ0v) is 32.2. The molecule has 52 heavy (non-hydrogen) atoms. The number of methoxy groups -OCH3 is 1.